The maximum absolute atomic E-state index is 12.6. The molecule has 0 aliphatic rings. The third kappa shape index (κ3) is 28.1. The van der Waals surface area contributed by atoms with Gasteiger partial charge in [-0.2, -0.15) is 0 Å². The summed E-state index contributed by atoms with van der Waals surface area (Å²) in [5.41, 5.74) is 0. The van der Waals surface area contributed by atoms with Gasteiger partial charge in [-0.3, -0.25) is 14.4 Å². The van der Waals surface area contributed by atoms with Crippen LogP contribution >= 0.6 is 11.8 Å². The van der Waals surface area contributed by atoms with Crippen molar-refractivity contribution in [3.63, 3.8) is 0 Å². The number of hydrogen-bond acceptors (Lipinski definition) is 10. The highest BCUT2D eigenvalue weighted by Crippen LogP contribution is 2.15. The molecule has 2 N–H and O–H groups in total. The van der Waals surface area contributed by atoms with E-state index in [0.29, 0.717) is 97.6 Å². The normalized spacial score (nSPS) is 12.2. The molecular weight excluding hydrogens is 528 g/mol. The van der Waals surface area contributed by atoms with Crippen LogP contribution in [0, 0.1) is 11.8 Å². The Bertz CT molecular complexity index is 624. The first-order chi connectivity index (χ1) is 18.7. The van der Waals surface area contributed by atoms with Crippen LogP contribution in [0.2, 0.25) is 0 Å². The molecule has 1 atom stereocenters. The molecule has 39 heavy (non-hydrogen) atoms. The minimum absolute atomic E-state index is 0.0309. The molecular formula is C27H52N2O9S. The van der Waals surface area contributed by atoms with Crippen LogP contribution in [-0.4, -0.2) is 121 Å². The third-order valence-electron chi connectivity index (χ3n) is 4.66. The minimum atomic E-state index is -0.671. The number of Topliss-reactive ketones (excluding diaryl/α,β-unsaturated/α-hetero) is 1. The van der Waals surface area contributed by atoms with Gasteiger partial charge in [-0.05, 0) is 18.8 Å². The second-order valence-electron chi connectivity index (χ2n) is 9.73. The Hall–Kier alpha value is -1.28. The Morgan fingerprint density at radius 3 is 1.46 bits per heavy atom. The van der Waals surface area contributed by atoms with Gasteiger partial charge in [0.25, 0.3) is 0 Å². The Kier molecular flexibility index (Phi) is 26.0. The van der Waals surface area contributed by atoms with E-state index in [0.717, 1.165) is 18.4 Å². The van der Waals surface area contributed by atoms with Gasteiger partial charge in [-0.1, -0.05) is 27.7 Å². The van der Waals surface area contributed by atoms with E-state index in [1.165, 1.54) is 6.92 Å². The highest BCUT2D eigenvalue weighted by molar-refractivity contribution is 8.01. The fourth-order valence-electron chi connectivity index (χ4n) is 2.83. The van der Waals surface area contributed by atoms with Gasteiger partial charge in [0, 0.05) is 32.7 Å². The van der Waals surface area contributed by atoms with E-state index in [4.69, 9.17) is 28.4 Å². The van der Waals surface area contributed by atoms with Crippen molar-refractivity contribution in [2.45, 2.75) is 46.3 Å². The van der Waals surface area contributed by atoms with Gasteiger partial charge in [-0.25, -0.2) is 0 Å². The Morgan fingerprint density at radius 1 is 0.615 bits per heavy atom. The molecule has 0 fully saturated rings. The zero-order valence-electron chi connectivity index (χ0n) is 24.6. The van der Waals surface area contributed by atoms with Crippen molar-refractivity contribution >= 4 is 29.4 Å². The standard InChI is InChI=1S/C27H52N2O9S/c1-22(2)19-37-16-14-35-12-10-33-8-6-28-26(31)18-25(39-21-24(5)30)27(32)29-7-9-34-11-13-36-15-17-38-20-23(3)4/h22-23,25H,6-21H2,1-5H3,(H,28,31)(H,29,32). The lowest BCUT2D eigenvalue weighted by atomic mass is 10.2. The largest absolute Gasteiger partial charge is 0.379 e. The van der Waals surface area contributed by atoms with Crippen molar-refractivity contribution in [2.24, 2.45) is 11.8 Å². The zero-order chi connectivity index (χ0) is 29.1. The average molecular weight is 581 g/mol. The number of ether oxygens (including phenoxy) is 6. The van der Waals surface area contributed by atoms with Gasteiger partial charge in [-0.15, -0.1) is 11.8 Å². The van der Waals surface area contributed by atoms with Gasteiger partial charge in [0.1, 0.15) is 5.78 Å². The molecule has 0 radical (unpaired) electrons. The molecule has 0 aliphatic heterocycles. The number of carbonyl (C=O) groups is 3. The lowest BCUT2D eigenvalue weighted by Crippen LogP contribution is -2.39. The van der Waals surface area contributed by atoms with Crippen LogP contribution in [-0.2, 0) is 42.8 Å². The molecule has 0 aliphatic carbocycles. The first-order valence-electron chi connectivity index (χ1n) is 13.8. The van der Waals surface area contributed by atoms with Gasteiger partial charge in [0.2, 0.25) is 11.8 Å². The van der Waals surface area contributed by atoms with Crippen molar-refractivity contribution in [1.82, 2.24) is 10.6 Å². The summed E-state index contributed by atoms with van der Waals surface area (Å²) in [6, 6.07) is 0. The first kappa shape index (κ1) is 37.7. The number of ketones is 1. The lowest BCUT2D eigenvalue weighted by Gasteiger charge is -2.16. The Balaban J connectivity index is 3.94. The highest BCUT2D eigenvalue weighted by Gasteiger charge is 2.22. The van der Waals surface area contributed by atoms with Crippen LogP contribution in [0.3, 0.4) is 0 Å². The van der Waals surface area contributed by atoms with Crippen molar-refractivity contribution in [3.05, 3.63) is 0 Å². The first-order valence-corrected chi connectivity index (χ1v) is 14.9. The zero-order valence-corrected chi connectivity index (χ0v) is 25.4. The van der Waals surface area contributed by atoms with Gasteiger partial charge in [0.15, 0.2) is 0 Å². The summed E-state index contributed by atoms with van der Waals surface area (Å²) in [5.74, 6) is 0.522. The molecule has 0 heterocycles. The fraction of sp³-hybridized carbons (Fsp3) is 0.889. The van der Waals surface area contributed by atoms with Crippen LogP contribution in [0.15, 0.2) is 0 Å². The number of nitrogens with one attached hydrogen (secondary N) is 2. The number of amides is 2. The molecule has 0 aromatic rings. The summed E-state index contributed by atoms with van der Waals surface area (Å²) in [5, 5.41) is 4.85. The van der Waals surface area contributed by atoms with Crippen LogP contribution in [0.4, 0.5) is 0 Å². The topological polar surface area (TPSA) is 131 Å². The summed E-state index contributed by atoms with van der Waals surface area (Å²) in [6.07, 6.45) is -0.0309. The third-order valence-corrected chi connectivity index (χ3v) is 6.01. The number of rotatable bonds is 28. The van der Waals surface area contributed by atoms with Crippen LogP contribution in [0.1, 0.15) is 41.0 Å². The summed E-state index contributed by atoms with van der Waals surface area (Å²) in [6.45, 7) is 16.4. The molecule has 0 saturated carbocycles. The quantitative estimate of drug-likeness (QED) is 0.132. The molecule has 0 aromatic carbocycles. The lowest BCUT2D eigenvalue weighted by molar-refractivity contribution is -0.126. The van der Waals surface area contributed by atoms with Crippen LogP contribution in [0.25, 0.3) is 0 Å². The fourth-order valence-corrected chi connectivity index (χ4v) is 3.77. The average Bonchev–Trinajstić information content (AvgIpc) is 2.87. The highest BCUT2D eigenvalue weighted by atomic mass is 32.2. The van der Waals surface area contributed by atoms with E-state index in [-0.39, 0.29) is 29.8 Å². The van der Waals surface area contributed by atoms with E-state index in [1.807, 2.05) is 0 Å². The van der Waals surface area contributed by atoms with E-state index >= 15 is 0 Å². The molecule has 0 aromatic heterocycles. The van der Waals surface area contributed by atoms with Crippen molar-refractivity contribution in [3.8, 4) is 0 Å². The van der Waals surface area contributed by atoms with E-state index < -0.39 is 5.25 Å². The van der Waals surface area contributed by atoms with Gasteiger partial charge >= 0.3 is 0 Å². The van der Waals surface area contributed by atoms with E-state index in [2.05, 4.69) is 38.3 Å². The van der Waals surface area contributed by atoms with E-state index in [9.17, 15) is 14.4 Å². The molecule has 1 unspecified atom stereocenters. The van der Waals surface area contributed by atoms with Crippen molar-refractivity contribution < 1.29 is 42.8 Å². The summed E-state index contributed by atoms with van der Waals surface area (Å²) < 4.78 is 32.6. The van der Waals surface area contributed by atoms with Crippen molar-refractivity contribution in [1.29, 1.82) is 0 Å². The number of thioether (sulfide) groups is 1. The predicted molar refractivity (Wildman–Crippen MR) is 152 cm³/mol. The van der Waals surface area contributed by atoms with Crippen LogP contribution < -0.4 is 10.6 Å². The number of hydrogen-bond donors (Lipinski definition) is 2. The summed E-state index contributed by atoms with van der Waals surface area (Å²) in [7, 11) is 0. The molecule has 2 amide bonds. The predicted octanol–water partition coefficient (Wildman–Crippen LogP) is 1.71. The summed E-state index contributed by atoms with van der Waals surface area (Å²) in [4.78, 5) is 36.3. The maximum Gasteiger partial charge on any atom is 0.233 e. The molecule has 0 rings (SSSR count). The minimum Gasteiger partial charge on any atom is -0.379 e. The molecule has 0 spiro atoms. The Morgan fingerprint density at radius 2 is 1.03 bits per heavy atom. The SMILES string of the molecule is CC(=O)CSC(CC(=O)NCCOCCOCCOCC(C)C)C(=O)NCCOCCOCCOCC(C)C. The van der Waals surface area contributed by atoms with Crippen molar-refractivity contribution in [2.75, 3.05) is 98.1 Å². The second kappa shape index (κ2) is 26.9. The summed E-state index contributed by atoms with van der Waals surface area (Å²) >= 11 is 1.16. The second-order valence-corrected chi connectivity index (χ2v) is 10.9. The van der Waals surface area contributed by atoms with Gasteiger partial charge in [0.05, 0.1) is 77.1 Å². The molecule has 230 valence electrons. The monoisotopic (exact) mass is 580 g/mol. The maximum atomic E-state index is 12.6. The molecule has 11 nitrogen and oxygen atoms in total. The smallest absolute Gasteiger partial charge is 0.233 e. The Labute approximate surface area is 239 Å². The molecule has 0 bridgehead atoms. The number of carbonyl (C=O) groups excluding carboxylic acids is 3. The van der Waals surface area contributed by atoms with E-state index in [1.54, 1.807) is 0 Å². The van der Waals surface area contributed by atoms with Crippen LogP contribution in [0.5, 0.6) is 0 Å². The molecule has 0 saturated heterocycles. The molecule has 12 heteroatoms. The van der Waals surface area contributed by atoms with Gasteiger partial charge < -0.3 is 39.1 Å².